The Hall–Kier alpha value is -2.77. The zero-order valence-corrected chi connectivity index (χ0v) is 17.6. The third kappa shape index (κ3) is 6.37. The number of hydrogen-bond donors (Lipinski definition) is 2. The lowest BCUT2D eigenvalue weighted by molar-refractivity contribution is 0.242. The standard InChI is InChI=1S/C22H30N6O/c1-16(2)29-20-7-5-19(6-8-20)14-23-9-10-25-18(4)21-13-17(3)26-22(27-21)28-12-11-24-15-28/h5-8,11-13,15-16,18,23,25H,9-10,14H2,1-4H3. The van der Waals surface area contributed by atoms with Crippen molar-refractivity contribution in [2.75, 3.05) is 13.1 Å². The van der Waals surface area contributed by atoms with Gasteiger partial charge in [0.15, 0.2) is 0 Å². The van der Waals surface area contributed by atoms with Gasteiger partial charge in [-0.25, -0.2) is 15.0 Å². The highest BCUT2D eigenvalue weighted by Crippen LogP contribution is 2.14. The number of aryl methyl sites for hydroxylation is 1. The van der Waals surface area contributed by atoms with Gasteiger partial charge in [0.2, 0.25) is 5.95 Å². The molecule has 2 N–H and O–H groups in total. The lowest BCUT2D eigenvalue weighted by Gasteiger charge is -2.15. The molecule has 2 heterocycles. The number of hydrogen-bond acceptors (Lipinski definition) is 6. The van der Waals surface area contributed by atoms with Crippen LogP contribution in [0.25, 0.3) is 5.95 Å². The van der Waals surface area contributed by atoms with Crippen LogP contribution in [0, 0.1) is 6.92 Å². The van der Waals surface area contributed by atoms with Crippen LogP contribution < -0.4 is 15.4 Å². The highest BCUT2D eigenvalue weighted by atomic mass is 16.5. The minimum absolute atomic E-state index is 0.133. The number of nitrogens with zero attached hydrogens (tertiary/aromatic N) is 4. The first-order valence-corrected chi connectivity index (χ1v) is 10.0. The molecular formula is C22H30N6O. The Morgan fingerprint density at radius 2 is 1.86 bits per heavy atom. The Kier molecular flexibility index (Phi) is 7.32. The first kappa shape index (κ1) is 21.0. The maximum atomic E-state index is 5.68. The molecule has 2 aromatic heterocycles. The van der Waals surface area contributed by atoms with E-state index in [1.54, 1.807) is 12.5 Å². The van der Waals surface area contributed by atoms with Crippen molar-refractivity contribution < 1.29 is 4.74 Å². The predicted molar refractivity (Wildman–Crippen MR) is 114 cm³/mol. The van der Waals surface area contributed by atoms with Gasteiger partial charge in [0, 0.05) is 43.8 Å². The van der Waals surface area contributed by atoms with Crippen molar-refractivity contribution in [3.8, 4) is 11.7 Å². The molecule has 3 aromatic rings. The van der Waals surface area contributed by atoms with E-state index in [0.29, 0.717) is 5.95 Å². The monoisotopic (exact) mass is 394 g/mol. The first-order valence-electron chi connectivity index (χ1n) is 10.0. The summed E-state index contributed by atoms with van der Waals surface area (Å²) in [5.74, 6) is 1.56. The highest BCUT2D eigenvalue weighted by Gasteiger charge is 2.10. The van der Waals surface area contributed by atoms with Crippen molar-refractivity contribution >= 4 is 0 Å². The van der Waals surface area contributed by atoms with E-state index in [1.165, 1.54) is 5.56 Å². The quantitative estimate of drug-likeness (QED) is 0.514. The van der Waals surface area contributed by atoms with E-state index in [-0.39, 0.29) is 12.1 Å². The molecule has 0 aliphatic carbocycles. The summed E-state index contributed by atoms with van der Waals surface area (Å²) >= 11 is 0. The zero-order chi connectivity index (χ0) is 20.6. The molecule has 29 heavy (non-hydrogen) atoms. The van der Waals surface area contributed by atoms with Crippen LogP contribution in [-0.4, -0.2) is 38.7 Å². The molecule has 0 radical (unpaired) electrons. The van der Waals surface area contributed by atoms with Gasteiger partial charge in [-0.3, -0.25) is 4.57 Å². The summed E-state index contributed by atoms with van der Waals surface area (Å²) in [5.41, 5.74) is 3.16. The van der Waals surface area contributed by atoms with Gasteiger partial charge in [-0.05, 0) is 51.5 Å². The van der Waals surface area contributed by atoms with Crippen LogP contribution in [-0.2, 0) is 6.54 Å². The summed E-state index contributed by atoms with van der Waals surface area (Å²) in [7, 11) is 0. The third-order valence-corrected chi connectivity index (χ3v) is 4.42. The summed E-state index contributed by atoms with van der Waals surface area (Å²) in [4.78, 5) is 13.2. The fraction of sp³-hybridized carbons (Fsp3) is 0.409. The molecule has 1 aromatic carbocycles. The average molecular weight is 395 g/mol. The minimum atomic E-state index is 0.133. The molecular weight excluding hydrogens is 364 g/mol. The van der Waals surface area contributed by atoms with Crippen LogP contribution in [0.2, 0.25) is 0 Å². The summed E-state index contributed by atoms with van der Waals surface area (Å²) in [5, 5.41) is 6.98. The summed E-state index contributed by atoms with van der Waals surface area (Å²) < 4.78 is 7.50. The van der Waals surface area contributed by atoms with E-state index in [2.05, 4.69) is 44.6 Å². The van der Waals surface area contributed by atoms with Crippen LogP contribution in [0.3, 0.4) is 0 Å². The lowest BCUT2D eigenvalue weighted by Crippen LogP contribution is -2.29. The van der Waals surface area contributed by atoms with E-state index in [9.17, 15) is 0 Å². The molecule has 0 saturated heterocycles. The van der Waals surface area contributed by atoms with Crippen molar-refractivity contribution in [3.05, 3.63) is 66.0 Å². The molecule has 7 nitrogen and oxygen atoms in total. The first-order chi connectivity index (χ1) is 14.0. The molecule has 154 valence electrons. The van der Waals surface area contributed by atoms with Gasteiger partial charge in [-0.1, -0.05) is 12.1 Å². The minimum Gasteiger partial charge on any atom is -0.491 e. The van der Waals surface area contributed by atoms with Crippen molar-refractivity contribution in [1.82, 2.24) is 30.2 Å². The van der Waals surface area contributed by atoms with Gasteiger partial charge in [0.05, 0.1) is 11.8 Å². The van der Waals surface area contributed by atoms with Crippen LogP contribution >= 0.6 is 0 Å². The van der Waals surface area contributed by atoms with E-state index >= 15 is 0 Å². The van der Waals surface area contributed by atoms with Gasteiger partial charge in [-0.15, -0.1) is 0 Å². The third-order valence-electron chi connectivity index (χ3n) is 4.42. The second-order valence-corrected chi connectivity index (χ2v) is 7.37. The summed E-state index contributed by atoms with van der Waals surface area (Å²) in [6, 6.07) is 10.4. The molecule has 0 saturated carbocycles. The Morgan fingerprint density at radius 1 is 1.07 bits per heavy atom. The number of benzene rings is 1. The molecule has 0 spiro atoms. The van der Waals surface area contributed by atoms with Gasteiger partial charge in [0.25, 0.3) is 0 Å². The Balaban J connectivity index is 1.44. The van der Waals surface area contributed by atoms with Gasteiger partial charge < -0.3 is 15.4 Å². The van der Waals surface area contributed by atoms with Crippen molar-refractivity contribution in [2.24, 2.45) is 0 Å². The van der Waals surface area contributed by atoms with Gasteiger partial charge in [0.1, 0.15) is 12.1 Å². The number of rotatable bonds is 10. The predicted octanol–water partition coefficient (Wildman–Crippen LogP) is 3.20. The molecule has 0 fully saturated rings. The normalized spacial score (nSPS) is 12.3. The second kappa shape index (κ2) is 10.1. The van der Waals surface area contributed by atoms with Crippen LogP contribution in [0.1, 0.15) is 43.8 Å². The molecule has 0 aliphatic rings. The maximum Gasteiger partial charge on any atom is 0.235 e. The molecule has 7 heteroatoms. The largest absolute Gasteiger partial charge is 0.491 e. The molecule has 1 unspecified atom stereocenters. The van der Waals surface area contributed by atoms with Gasteiger partial charge in [-0.2, -0.15) is 0 Å². The summed E-state index contributed by atoms with van der Waals surface area (Å²) in [6.07, 6.45) is 5.48. The number of imidazole rings is 1. The van der Waals surface area contributed by atoms with Crippen LogP contribution in [0.5, 0.6) is 5.75 Å². The lowest BCUT2D eigenvalue weighted by atomic mass is 10.2. The Bertz CT molecular complexity index is 877. The molecule has 1 atom stereocenters. The van der Waals surface area contributed by atoms with E-state index in [1.807, 2.05) is 49.7 Å². The SMILES string of the molecule is Cc1cc(C(C)NCCNCc2ccc(OC(C)C)cc2)nc(-n2ccnc2)n1. The van der Waals surface area contributed by atoms with Crippen molar-refractivity contribution in [1.29, 1.82) is 0 Å². The Morgan fingerprint density at radius 3 is 2.55 bits per heavy atom. The van der Waals surface area contributed by atoms with Crippen molar-refractivity contribution in [2.45, 2.75) is 46.4 Å². The fourth-order valence-electron chi connectivity index (χ4n) is 2.96. The number of nitrogens with one attached hydrogen (secondary N) is 2. The van der Waals surface area contributed by atoms with E-state index in [4.69, 9.17) is 4.74 Å². The van der Waals surface area contributed by atoms with Gasteiger partial charge >= 0.3 is 0 Å². The smallest absolute Gasteiger partial charge is 0.235 e. The zero-order valence-electron chi connectivity index (χ0n) is 17.6. The number of aromatic nitrogens is 4. The highest BCUT2D eigenvalue weighted by molar-refractivity contribution is 5.27. The second-order valence-electron chi connectivity index (χ2n) is 7.37. The van der Waals surface area contributed by atoms with Crippen LogP contribution in [0.4, 0.5) is 0 Å². The molecule has 0 aliphatic heterocycles. The maximum absolute atomic E-state index is 5.68. The molecule has 3 rings (SSSR count). The summed E-state index contributed by atoms with van der Waals surface area (Å²) in [6.45, 7) is 10.7. The average Bonchev–Trinajstić information content (AvgIpc) is 3.23. The fourth-order valence-corrected chi connectivity index (χ4v) is 2.96. The van der Waals surface area contributed by atoms with E-state index in [0.717, 1.165) is 36.8 Å². The topological polar surface area (TPSA) is 76.9 Å². The molecule has 0 amide bonds. The Labute approximate surface area is 172 Å². The van der Waals surface area contributed by atoms with Crippen LogP contribution in [0.15, 0.2) is 49.1 Å². The van der Waals surface area contributed by atoms with Crippen molar-refractivity contribution in [3.63, 3.8) is 0 Å². The number of ether oxygens (including phenoxy) is 1. The molecule has 0 bridgehead atoms. The van der Waals surface area contributed by atoms with E-state index < -0.39 is 0 Å².